The number of hydrogen-bond acceptors (Lipinski definition) is 17. The fraction of sp³-hybridized carbons (Fsp3) is 0.532. The van der Waals surface area contributed by atoms with Crippen molar-refractivity contribution in [1.82, 2.24) is 30.4 Å². The van der Waals surface area contributed by atoms with Crippen molar-refractivity contribution in [1.29, 1.82) is 0 Å². The molecule has 0 aliphatic carbocycles. The fourth-order valence-corrected chi connectivity index (χ4v) is 8.57. The van der Waals surface area contributed by atoms with E-state index in [9.17, 15) is 37.5 Å². The first-order chi connectivity index (χ1) is 34.1. The Morgan fingerprint density at radius 1 is 0.901 bits per heavy atom. The van der Waals surface area contributed by atoms with Crippen LogP contribution in [0, 0.1) is 5.82 Å². The molecule has 1 aromatic heterocycles. The van der Waals surface area contributed by atoms with Gasteiger partial charge in [0.05, 0.1) is 95.1 Å². The number of aromatic nitrogens is 2. The maximum Gasteiger partial charge on any atom is 0.342 e. The summed E-state index contributed by atoms with van der Waals surface area (Å²) >= 11 is 0. The molecule has 71 heavy (non-hydrogen) atoms. The molecule has 1 unspecified atom stereocenters. The summed E-state index contributed by atoms with van der Waals surface area (Å²) in [6.45, 7) is 7.98. The molecule has 384 valence electrons. The maximum atomic E-state index is 15.5. The number of carbonyl (C=O) groups is 6. The molecular weight excluding hydrogens is 938 g/mol. The zero-order valence-corrected chi connectivity index (χ0v) is 40.0. The molecule has 1 atom stereocenters. The van der Waals surface area contributed by atoms with Gasteiger partial charge in [0.25, 0.3) is 23.6 Å². The summed E-state index contributed by atoms with van der Waals surface area (Å²) in [6.07, 6.45) is 2.67. The second-order valence-corrected chi connectivity index (χ2v) is 17.5. The number of alkyl halides is 2. The van der Waals surface area contributed by atoms with Crippen molar-refractivity contribution in [2.75, 3.05) is 120 Å². The Bertz CT molecular complexity index is 2460. The summed E-state index contributed by atoms with van der Waals surface area (Å²) in [5.41, 5.74) is 0.795. The maximum absolute atomic E-state index is 15.5. The smallest absolute Gasteiger partial charge is 0.342 e. The Morgan fingerprint density at radius 3 is 2.24 bits per heavy atom. The summed E-state index contributed by atoms with van der Waals surface area (Å²) in [4.78, 5) is 89.8. The molecule has 3 aromatic rings. The lowest BCUT2D eigenvalue weighted by Gasteiger charge is -2.32. The number of nitrogens with zero attached hydrogens (tertiary/aromatic N) is 6. The third kappa shape index (κ3) is 12.5. The first-order valence-electron chi connectivity index (χ1n) is 23.4. The third-order valence-corrected chi connectivity index (χ3v) is 12.4. The number of halogens is 3. The van der Waals surface area contributed by atoms with Crippen molar-refractivity contribution >= 4 is 64.3 Å². The molecule has 24 heteroatoms. The van der Waals surface area contributed by atoms with Gasteiger partial charge in [0, 0.05) is 63.5 Å². The molecule has 6 amide bonds. The van der Waals surface area contributed by atoms with Gasteiger partial charge in [0.15, 0.2) is 5.82 Å². The molecule has 0 spiro atoms. The number of carbonyl (C=O) groups excluding carboxylic acids is 6. The number of amides is 6. The number of ether oxygens (including phenoxy) is 5. The highest BCUT2D eigenvalue weighted by Gasteiger charge is 2.48. The van der Waals surface area contributed by atoms with E-state index in [0.717, 1.165) is 15.9 Å². The van der Waals surface area contributed by atoms with Crippen LogP contribution in [-0.4, -0.2) is 179 Å². The van der Waals surface area contributed by atoms with Crippen LogP contribution in [0.5, 0.6) is 5.75 Å². The van der Waals surface area contributed by atoms with E-state index in [2.05, 4.69) is 36.1 Å². The van der Waals surface area contributed by atoms with Crippen LogP contribution in [0.25, 0.3) is 0 Å². The predicted octanol–water partition coefficient (Wildman–Crippen LogP) is 2.97. The Morgan fingerprint density at radius 2 is 1.58 bits per heavy atom. The number of methoxy groups -OCH3 is 1. The van der Waals surface area contributed by atoms with E-state index < -0.39 is 65.8 Å². The number of imide groups is 2. The largest absolute Gasteiger partial charge is 0.495 e. The summed E-state index contributed by atoms with van der Waals surface area (Å²) in [6, 6.07) is 5.55. The van der Waals surface area contributed by atoms with Crippen molar-refractivity contribution in [3.8, 4) is 5.75 Å². The van der Waals surface area contributed by atoms with Gasteiger partial charge >= 0.3 is 5.92 Å². The number of nitrogens with one attached hydrogen (secondary N) is 4. The quantitative estimate of drug-likeness (QED) is 0.0790. The number of rotatable bonds is 23. The van der Waals surface area contributed by atoms with Crippen LogP contribution in [0.2, 0.25) is 0 Å². The number of likely N-dealkylation sites (tertiary alicyclic amines) is 1. The van der Waals surface area contributed by atoms with E-state index in [1.807, 2.05) is 0 Å². The number of benzene rings is 2. The van der Waals surface area contributed by atoms with Gasteiger partial charge in [-0.1, -0.05) is 6.07 Å². The molecule has 0 radical (unpaired) electrons. The van der Waals surface area contributed by atoms with Gasteiger partial charge in [-0.2, -0.15) is 13.8 Å². The van der Waals surface area contributed by atoms with Crippen LogP contribution in [0.15, 0.2) is 36.5 Å². The summed E-state index contributed by atoms with van der Waals surface area (Å²) < 4.78 is 73.0. The first kappa shape index (κ1) is 52.4. The molecule has 4 aliphatic heterocycles. The predicted molar refractivity (Wildman–Crippen MR) is 251 cm³/mol. The zero-order chi connectivity index (χ0) is 50.8. The Labute approximate surface area is 408 Å². The molecule has 4 N–H and O–H groups in total. The highest BCUT2D eigenvalue weighted by Crippen LogP contribution is 2.38. The minimum absolute atomic E-state index is 0.0443. The molecule has 0 saturated carbocycles. The summed E-state index contributed by atoms with van der Waals surface area (Å²) in [5, 5.41) is 11.1. The van der Waals surface area contributed by atoms with Crippen molar-refractivity contribution in [2.45, 2.75) is 63.6 Å². The van der Waals surface area contributed by atoms with Crippen LogP contribution in [-0.2, 0) is 33.3 Å². The van der Waals surface area contributed by atoms with Crippen LogP contribution in [0.1, 0.15) is 70.6 Å². The van der Waals surface area contributed by atoms with E-state index in [1.54, 1.807) is 26.0 Å². The van der Waals surface area contributed by atoms with Crippen LogP contribution >= 0.6 is 0 Å². The van der Waals surface area contributed by atoms with E-state index in [1.165, 1.54) is 37.4 Å². The zero-order valence-electron chi connectivity index (χ0n) is 40.0. The SMILES string of the molecule is COc1cc(C(=O)NC2CCN(CCOCCOCCOCCOCCNc3cccc4c3C(=O)N(C3CCC(=O)NC3=O)C4=O)CC2)c(F)cc1Nc1ncc2c(n1)N(C(C)C)CC(F)(F)C(=O)N2C. The number of fused-ring (bicyclic) bond motifs is 2. The van der Waals surface area contributed by atoms with E-state index in [-0.39, 0.29) is 64.5 Å². The van der Waals surface area contributed by atoms with Crippen LogP contribution in [0.4, 0.5) is 42.0 Å². The average molecular weight is 997 g/mol. The highest BCUT2D eigenvalue weighted by molar-refractivity contribution is 6.25. The molecule has 21 nitrogen and oxygen atoms in total. The summed E-state index contributed by atoms with van der Waals surface area (Å²) in [7, 11) is 2.58. The lowest BCUT2D eigenvalue weighted by atomic mass is 10.0. The molecule has 2 aromatic carbocycles. The summed E-state index contributed by atoms with van der Waals surface area (Å²) in [5.74, 6) is -8.58. The van der Waals surface area contributed by atoms with Crippen molar-refractivity contribution < 1.29 is 65.6 Å². The monoisotopic (exact) mass is 996 g/mol. The molecule has 2 fully saturated rings. The molecular formula is C47H59F3N10O11. The number of hydrogen-bond donors (Lipinski definition) is 4. The van der Waals surface area contributed by atoms with Gasteiger partial charge in [-0.3, -0.25) is 39.0 Å². The highest BCUT2D eigenvalue weighted by atomic mass is 19.3. The Balaban J connectivity index is 0.726. The van der Waals surface area contributed by atoms with Gasteiger partial charge in [-0.25, -0.2) is 9.37 Å². The normalized spacial score (nSPS) is 18.4. The molecule has 5 heterocycles. The van der Waals surface area contributed by atoms with Gasteiger partial charge in [0.2, 0.25) is 17.8 Å². The first-order valence-corrected chi connectivity index (χ1v) is 23.4. The lowest BCUT2D eigenvalue weighted by molar-refractivity contribution is -0.140. The van der Waals surface area contributed by atoms with Crippen molar-refractivity contribution in [3.05, 3.63) is 59.0 Å². The Kier molecular flexibility index (Phi) is 17.4. The van der Waals surface area contributed by atoms with Crippen LogP contribution < -0.4 is 35.8 Å². The minimum Gasteiger partial charge on any atom is -0.495 e. The van der Waals surface area contributed by atoms with Crippen LogP contribution in [0.3, 0.4) is 0 Å². The second kappa shape index (κ2) is 23.6. The lowest BCUT2D eigenvalue weighted by Crippen LogP contribution is -2.54. The van der Waals surface area contributed by atoms with Gasteiger partial charge in [0.1, 0.15) is 23.3 Å². The second-order valence-electron chi connectivity index (χ2n) is 17.5. The molecule has 7 rings (SSSR count). The van der Waals surface area contributed by atoms with Gasteiger partial charge in [-0.15, -0.1) is 0 Å². The van der Waals surface area contributed by atoms with E-state index in [0.29, 0.717) is 97.6 Å². The van der Waals surface area contributed by atoms with E-state index >= 15 is 4.39 Å². The standard InChI is InChI=1S/C47H59F3N10O11/c1-28(2)59-27-47(49,50)45(66)57(3)36-26-52-46(56-40(36)59)54-34-25-32(48)31(24-37(34)67-4)41(62)53-29-10-13-58(14-11-29)15-17-69-19-21-71-23-22-70-20-18-68-16-12-51-33-7-5-6-30-39(33)44(65)60(43(30)64)35-8-9-38(61)55-42(35)63/h5-7,24-26,28-29,35,51H,8-23,27H2,1-4H3,(H,53,62)(H,52,54,56)(H,55,61,63). The van der Waals surface area contributed by atoms with Gasteiger partial charge in [-0.05, 0) is 51.3 Å². The van der Waals surface area contributed by atoms with Gasteiger partial charge < -0.3 is 54.3 Å². The molecule has 0 bridgehead atoms. The third-order valence-electron chi connectivity index (χ3n) is 12.4. The molecule has 4 aliphatic rings. The average Bonchev–Trinajstić information content (AvgIpc) is 3.56. The van der Waals surface area contributed by atoms with Crippen molar-refractivity contribution in [2.24, 2.45) is 0 Å². The van der Waals surface area contributed by atoms with Crippen molar-refractivity contribution in [3.63, 3.8) is 0 Å². The topological polar surface area (TPSA) is 235 Å². The number of anilines is 5. The number of piperidine rings is 2. The molecule has 2 saturated heterocycles. The Hall–Kier alpha value is -6.47. The minimum atomic E-state index is -3.66. The van der Waals surface area contributed by atoms with E-state index in [4.69, 9.17) is 23.7 Å². The fourth-order valence-electron chi connectivity index (χ4n) is 8.57.